The lowest BCUT2D eigenvalue weighted by Gasteiger charge is -1.98. The summed E-state index contributed by atoms with van der Waals surface area (Å²) in [6.07, 6.45) is 2.57. The zero-order valence-electron chi connectivity index (χ0n) is 12.4. The van der Waals surface area contributed by atoms with E-state index >= 15 is 0 Å². The van der Waals surface area contributed by atoms with Crippen molar-refractivity contribution >= 4 is 39.5 Å². The molecule has 2 heterocycles. The van der Waals surface area contributed by atoms with Crippen LogP contribution in [0.4, 0.5) is 5.13 Å². The molecule has 0 radical (unpaired) electrons. The lowest BCUT2D eigenvalue weighted by atomic mass is 10.1. The number of aromatic nitrogens is 1. The molecule has 0 bridgehead atoms. The summed E-state index contributed by atoms with van der Waals surface area (Å²) in [6, 6.07) is 13.4. The summed E-state index contributed by atoms with van der Waals surface area (Å²) >= 11 is 2.65. The molecular weight excluding hydrogens is 328 g/mol. The molecule has 3 rings (SSSR count). The van der Waals surface area contributed by atoms with Crippen LogP contribution < -0.4 is 5.32 Å². The van der Waals surface area contributed by atoms with Crippen LogP contribution in [0.3, 0.4) is 0 Å². The molecular formula is C17H14N2O2S2. The largest absolute Gasteiger partial charge is 0.297 e. The number of amides is 1. The zero-order chi connectivity index (χ0) is 16.2. The number of nitrogens with zero attached hydrogens (tertiary/aromatic N) is 1. The summed E-state index contributed by atoms with van der Waals surface area (Å²) in [5, 5.41) is 3.35. The minimum atomic E-state index is -0.233. The Hall–Kier alpha value is -2.31. The van der Waals surface area contributed by atoms with Crippen LogP contribution in [0.25, 0.3) is 0 Å². The maximum atomic E-state index is 12.2. The smallest absolute Gasteiger partial charge is 0.267 e. The summed E-state index contributed by atoms with van der Waals surface area (Å²) in [5.74, 6) is -0.267. The van der Waals surface area contributed by atoms with Gasteiger partial charge in [-0.2, -0.15) is 0 Å². The van der Waals surface area contributed by atoms with Crippen molar-refractivity contribution in [3.8, 4) is 0 Å². The van der Waals surface area contributed by atoms with Crippen molar-refractivity contribution in [1.29, 1.82) is 0 Å². The van der Waals surface area contributed by atoms with Crippen LogP contribution in [0, 0.1) is 0 Å². The van der Waals surface area contributed by atoms with E-state index < -0.39 is 0 Å². The van der Waals surface area contributed by atoms with Crippen LogP contribution in [-0.4, -0.2) is 16.7 Å². The van der Waals surface area contributed by atoms with Crippen molar-refractivity contribution in [3.05, 3.63) is 68.9 Å². The van der Waals surface area contributed by atoms with Gasteiger partial charge < -0.3 is 0 Å². The Bertz CT molecular complexity index is 837. The topological polar surface area (TPSA) is 59.1 Å². The molecule has 116 valence electrons. The fourth-order valence-corrected chi connectivity index (χ4v) is 3.69. The van der Waals surface area contributed by atoms with Crippen LogP contribution in [-0.2, 0) is 6.42 Å². The number of hydrogen-bond acceptors (Lipinski definition) is 5. The SMILES string of the molecule is CC(=O)c1ccc(C(=O)Nc2ncc(Cc3ccccc3)s2)s1. The van der Waals surface area contributed by atoms with Crippen LogP contribution in [0.2, 0.25) is 0 Å². The summed E-state index contributed by atoms with van der Waals surface area (Å²) in [5.41, 5.74) is 1.21. The van der Waals surface area contributed by atoms with Gasteiger partial charge in [-0.15, -0.1) is 22.7 Å². The molecule has 0 aliphatic carbocycles. The van der Waals surface area contributed by atoms with E-state index in [1.54, 1.807) is 18.3 Å². The van der Waals surface area contributed by atoms with Gasteiger partial charge in [-0.05, 0) is 24.6 Å². The van der Waals surface area contributed by atoms with Gasteiger partial charge in [-0.25, -0.2) is 4.98 Å². The number of thiophene rings is 1. The number of hydrogen-bond donors (Lipinski definition) is 1. The third-order valence-corrected chi connectivity index (χ3v) is 5.27. The average Bonchev–Trinajstić information content (AvgIpc) is 3.18. The fourth-order valence-electron chi connectivity index (χ4n) is 2.05. The van der Waals surface area contributed by atoms with E-state index in [4.69, 9.17) is 0 Å². The van der Waals surface area contributed by atoms with Gasteiger partial charge in [0.05, 0.1) is 9.75 Å². The molecule has 3 aromatic rings. The number of anilines is 1. The molecule has 0 saturated heterocycles. The van der Waals surface area contributed by atoms with Crippen molar-refractivity contribution < 1.29 is 9.59 Å². The van der Waals surface area contributed by atoms with Crippen molar-refractivity contribution in [1.82, 2.24) is 4.98 Å². The third-order valence-electron chi connectivity index (χ3n) is 3.17. The van der Waals surface area contributed by atoms with Gasteiger partial charge in [0, 0.05) is 17.5 Å². The van der Waals surface area contributed by atoms with Crippen molar-refractivity contribution in [3.63, 3.8) is 0 Å². The molecule has 0 fully saturated rings. The third kappa shape index (κ3) is 3.91. The number of Topliss-reactive ketones (excluding diaryl/α,β-unsaturated/α-hetero) is 1. The van der Waals surface area contributed by atoms with Gasteiger partial charge in [-0.3, -0.25) is 14.9 Å². The summed E-state index contributed by atoms with van der Waals surface area (Å²) in [7, 11) is 0. The Morgan fingerprint density at radius 2 is 1.78 bits per heavy atom. The first kappa shape index (κ1) is 15.6. The Morgan fingerprint density at radius 1 is 1.04 bits per heavy atom. The van der Waals surface area contributed by atoms with Gasteiger partial charge in [0.1, 0.15) is 0 Å². The molecule has 2 aromatic heterocycles. The van der Waals surface area contributed by atoms with Crippen molar-refractivity contribution in [2.24, 2.45) is 0 Å². The van der Waals surface area contributed by atoms with E-state index in [0.717, 1.165) is 11.3 Å². The summed E-state index contributed by atoms with van der Waals surface area (Å²) in [6.45, 7) is 1.49. The van der Waals surface area contributed by atoms with E-state index in [2.05, 4.69) is 22.4 Å². The van der Waals surface area contributed by atoms with E-state index in [1.807, 2.05) is 18.2 Å². The molecule has 0 aliphatic heterocycles. The molecule has 6 heteroatoms. The minimum absolute atomic E-state index is 0.0338. The normalized spacial score (nSPS) is 10.5. The Balaban J connectivity index is 1.66. The average molecular weight is 342 g/mol. The van der Waals surface area contributed by atoms with E-state index in [-0.39, 0.29) is 11.7 Å². The molecule has 1 aromatic carbocycles. The van der Waals surface area contributed by atoms with Crippen LogP contribution in [0.1, 0.15) is 36.7 Å². The summed E-state index contributed by atoms with van der Waals surface area (Å²) < 4.78 is 0. The molecule has 0 unspecified atom stereocenters. The van der Waals surface area contributed by atoms with Crippen molar-refractivity contribution in [2.45, 2.75) is 13.3 Å². The highest BCUT2D eigenvalue weighted by Gasteiger charge is 2.13. The number of benzene rings is 1. The monoisotopic (exact) mass is 342 g/mol. The standard InChI is InChI=1S/C17H14N2O2S2/c1-11(20)14-7-8-15(23-14)16(21)19-17-18-10-13(22-17)9-12-5-3-2-4-6-12/h2-8,10H,9H2,1H3,(H,18,19,21). The number of rotatable bonds is 5. The van der Waals surface area contributed by atoms with Gasteiger partial charge in [0.2, 0.25) is 0 Å². The Kier molecular flexibility index (Phi) is 4.64. The molecule has 0 spiro atoms. The first-order valence-electron chi connectivity index (χ1n) is 7.02. The molecule has 23 heavy (non-hydrogen) atoms. The highest BCUT2D eigenvalue weighted by atomic mass is 32.1. The van der Waals surface area contributed by atoms with Gasteiger partial charge in [0.15, 0.2) is 10.9 Å². The molecule has 0 atom stereocenters. The summed E-state index contributed by atoms with van der Waals surface area (Å²) in [4.78, 5) is 29.9. The van der Waals surface area contributed by atoms with Gasteiger partial charge in [-0.1, -0.05) is 30.3 Å². The number of carbonyl (C=O) groups excluding carboxylic acids is 2. The van der Waals surface area contributed by atoms with E-state index in [0.29, 0.717) is 14.9 Å². The Morgan fingerprint density at radius 3 is 2.48 bits per heavy atom. The molecule has 1 amide bonds. The second kappa shape index (κ2) is 6.85. The van der Waals surface area contributed by atoms with Crippen LogP contribution in [0.15, 0.2) is 48.7 Å². The lowest BCUT2D eigenvalue weighted by molar-refractivity contribution is 0.101. The van der Waals surface area contributed by atoms with Crippen LogP contribution in [0.5, 0.6) is 0 Å². The number of thiazole rings is 1. The second-order valence-electron chi connectivity index (χ2n) is 4.97. The minimum Gasteiger partial charge on any atom is -0.297 e. The van der Waals surface area contributed by atoms with Crippen LogP contribution >= 0.6 is 22.7 Å². The maximum absolute atomic E-state index is 12.2. The molecule has 0 aliphatic rings. The zero-order valence-corrected chi connectivity index (χ0v) is 14.0. The van der Waals surface area contributed by atoms with Gasteiger partial charge >= 0.3 is 0 Å². The van der Waals surface area contributed by atoms with Gasteiger partial charge in [0.25, 0.3) is 5.91 Å². The predicted octanol–water partition coefficient (Wildman–Crippen LogP) is 4.25. The Labute approximate surface area is 141 Å². The highest BCUT2D eigenvalue weighted by Crippen LogP contribution is 2.23. The van der Waals surface area contributed by atoms with E-state index in [1.165, 1.54) is 35.2 Å². The number of carbonyl (C=O) groups is 2. The quantitative estimate of drug-likeness (QED) is 0.705. The number of ketones is 1. The lowest BCUT2D eigenvalue weighted by Crippen LogP contribution is -2.09. The number of nitrogens with one attached hydrogen (secondary N) is 1. The second-order valence-corrected chi connectivity index (χ2v) is 7.17. The maximum Gasteiger partial charge on any atom is 0.267 e. The first-order valence-corrected chi connectivity index (χ1v) is 8.66. The first-order chi connectivity index (χ1) is 11.1. The predicted molar refractivity (Wildman–Crippen MR) is 93.6 cm³/mol. The molecule has 0 saturated carbocycles. The van der Waals surface area contributed by atoms with E-state index in [9.17, 15) is 9.59 Å². The fraction of sp³-hybridized carbons (Fsp3) is 0.118. The van der Waals surface area contributed by atoms with Crippen molar-refractivity contribution in [2.75, 3.05) is 5.32 Å². The molecule has 1 N–H and O–H groups in total. The molecule has 4 nitrogen and oxygen atoms in total. The highest BCUT2D eigenvalue weighted by molar-refractivity contribution is 7.17.